The van der Waals surface area contributed by atoms with Crippen molar-refractivity contribution in [3.05, 3.63) is 41.1 Å². The lowest BCUT2D eigenvalue weighted by molar-refractivity contribution is -0.115. The van der Waals surface area contributed by atoms with Crippen LogP contribution in [0.3, 0.4) is 0 Å². The zero-order valence-corrected chi connectivity index (χ0v) is 12.9. The third-order valence-corrected chi connectivity index (χ3v) is 5.18. The molecular weight excluding hydrogens is 316 g/mol. The maximum atomic E-state index is 12.3. The molecule has 0 aliphatic heterocycles. The number of halogens is 1. The van der Waals surface area contributed by atoms with Gasteiger partial charge in [-0.05, 0) is 38.1 Å². The zero-order valence-electron chi connectivity index (χ0n) is 11.3. The first-order valence-corrected chi connectivity index (χ1v) is 7.97. The van der Waals surface area contributed by atoms with E-state index in [1.807, 2.05) is 0 Å². The first-order chi connectivity index (χ1) is 9.80. The van der Waals surface area contributed by atoms with Crippen LogP contribution in [0.5, 0.6) is 0 Å². The molecule has 8 heteroatoms. The average molecular weight is 329 g/mol. The van der Waals surface area contributed by atoms with Crippen LogP contribution in [-0.2, 0) is 14.6 Å². The van der Waals surface area contributed by atoms with Gasteiger partial charge < -0.3 is 9.84 Å². The van der Waals surface area contributed by atoms with E-state index in [1.165, 1.54) is 37.3 Å². The molecule has 2 aromatic rings. The minimum absolute atomic E-state index is 0.0332. The lowest BCUT2D eigenvalue weighted by atomic mass is 10.4. The fraction of sp³-hybridized carbons (Fsp3) is 0.231. The van der Waals surface area contributed by atoms with Crippen LogP contribution < -0.4 is 5.32 Å². The molecule has 1 aromatic heterocycles. The maximum absolute atomic E-state index is 12.3. The number of sulfone groups is 1. The zero-order chi connectivity index (χ0) is 15.6. The van der Waals surface area contributed by atoms with Crippen LogP contribution >= 0.6 is 11.6 Å². The number of carbonyl (C=O) groups is 1. The van der Waals surface area contributed by atoms with Crippen molar-refractivity contribution < 1.29 is 17.7 Å². The van der Waals surface area contributed by atoms with Crippen LogP contribution in [0.15, 0.2) is 39.8 Å². The Morgan fingerprint density at radius 2 is 1.95 bits per heavy atom. The fourth-order valence-electron chi connectivity index (χ4n) is 1.62. The van der Waals surface area contributed by atoms with Gasteiger partial charge in [0.2, 0.25) is 5.91 Å². The smallest absolute Gasteiger partial charge is 0.244 e. The van der Waals surface area contributed by atoms with Crippen molar-refractivity contribution in [1.29, 1.82) is 0 Å². The number of nitrogens with one attached hydrogen (secondary N) is 1. The molecule has 1 N–H and O–H groups in total. The second-order valence-electron chi connectivity index (χ2n) is 4.45. The summed E-state index contributed by atoms with van der Waals surface area (Å²) in [6.07, 6.45) is 0. The number of anilines is 1. The van der Waals surface area contributed by atoms with Gasteiger partial charge in [-0.2, -0.15) is 0 Å². The molecule has 0 radical (unpaired) electrons. The molecule has 0 spiro atoms. The van der Waals surface area contributed by atoms with E-state index in [4.69, 9.17) is 16.1 Å². The number of amides is 1. The highest BCUT2D eigenvalue weighted by Gasteiger charge is 2.30. The number of benzene rings is 1. The van der Waals surface area contributed by atoms with Crippen molar-refractivity contribution in [2.75, 3.05) is 5.32 Å². The highest BCUT2D eigenvalue weighted by atomic mass is 35.5. The van der Waals surface area contributed by atoms with Gasteiger partial charge in [-0.3, -0.25) is 4.79 Å². The van der Waals surface area contributed by atoms with Gasteiger partial charge in [-0.25, -0.2) is 8.42 Å². The molecule has 2 rings (SSSR count). The monoisotopic (exact) mass is 328 g/mol. The lowest BCUT2D eigenvalue weighted by Crippen LogP contribution is -2.32. The van der Waals surface area contributed by atoms with Gasteiger partial charge >= 0.3 is 0 Å². The summed E-state index contributed by atoms with van der Waals surface area (Å²) >= 11 is 5.72. The van der Waals surface area contributed by atoms with Gasteiger partial charge in [0, 0.05) is 11.1 Å². The molecule has 0 fully saturated rings. The van der Waals surface area contributed by atoms with Crippen LogP contribution in [0.25, 0.3) is 0 Å². The summed E-state index contributed by atoms with van der Waals surface area (Å²) in [7, 11) is -3.80. The Kier molecular flexibility index (Phi) is 4.34. The van der Waals surface area contributed by atoms with Crippen LogP contribution in [0, 0.1) is 6.92 Å². The summed E-state index contributed by atoms with van der Waals surface area (Å²) in [5.41, 5.74) is 0. The molecule has 21 heavy (non-hydrogen) atoms. The molecule has 1 aromatic carbocycles. The molecule has 112 valence electrons. The Bertz CT molecular complexity index is 753. The van der Waals surface area contributed by atoms with Gasteiger partial charge in [-0.1, -0.05) is 16.8 Å². The number of hydrogen-bond donors (Lipinski definition) is 1. The number of nitrogens with zero attached hydrogens (tertiary/aromatic N) is 1. The first-order valence-electron chi connectivity index (χ1n) is 6.04. The SMILES string of the molecule is Cc1cc(NC(=O)C(C)S(=O)(=O)c2ccc(Cl)cc2)no1. The van der Waals surface area contributed by atoms with Crippen molar-refractivity contribution in [3.63, 3.8) is 0 Å². The van der Waals surface area contributed by atoms with Crippen LogP contribution in [-0.4, -0.2) is 24.7 Å². The van der Waals surface area contributed by atoms with E-state index in [0.717, 1.165) is 0 Å². The van der Waals surface area contributed by atoms with E-state index in [9.17, 15) is 13.2 Å². The van der Waals surface area contributed by atoms with Crippen molar-refractivity contribution in [3.8, 4) is 0 Å². The van der Waals surface area contributed by atoms with Gasteiger partial charge in [0.05, 0.1) is 4.90 Å². The van der Waals surface area contributed by atoms with Crippen molar-refractivity contribution in [2.24, 2.45) is 0 Å². The van der Waals surface area contributed by atoms with Gasteiger partial charge in [0.15, 0.2) is 15.7 Å². The number of hydrogen-bond acceptors (Lipinski definition) is 5. The van der Waals surface area contributed by atoms with Gasteiger partial charge in [-0.15, -0.1) is 0 Å². The number of aromatic nitrogens is 1. The summed E-state index contributed by atoms with van der Waals surface area (Å²) < 4.78 is 29.5. The summed E-state index contributed by atoms with van der Waals surface area (Å²) in [4.78, 5) is 12.0. The normalized spacial score (nSPS) is 12.9. The minimum atomic E-state index is -3.80. The lowest BCUT2D eigenvalue weighted by Gasteiger charge is -2.12. The molecule has 0 saturated carbocycles. The summed E-state index contributed by atoms with van der Waals surface area (Å²) in [6, 6.07) is 7.14. The highest BCUT2D eigenvalue weighted by Crippen LogP contribution is 2.20. The van der Waals surface area contributed by atoms with Crippen molar-refractivity contribution >= 4 is 33.2 Å². The molecular formula is C13H13ClN2O4S. The Balaban J connectivity index is 2.19. The van der Waals surface area contributed by atoms with Crippen molar-refractivity contribution in [1.82, 2.24) is 5.16 Å². The third kappa shape index (κ3) is 3.43. The molecule has 0 aliphatic carbocycles. The minimum Gasteiger partial charge on any atom is -0.360 e. The maximum Gasteiger partial charge on any atom is 0.244 e. The molecule has 6 nitrogen and oxygen atoms in total. The molecule has 1 amide bonds. The van der Waals surface area contributed by atoms with E-state index >= 15 is 0 Å². The molecule has 1 atom stereocenters. The third-order valence-electron chi connectivity index (χ3n) is 2.86. The second kappa shape index (κ2) is 5.87. The summed E-state index contributed by atoms with van der Waals surface area (Å²) in [6.45, 7) is 2.97. The topological polar surface area (TPSA) is 89.3 Å². The van der Waals surface area contributed by atoms with Crippen LogP contribution in [0.4, 0.5) is 5.82 Å². The van der Waals surface area contributed by atoms with E-state index in [2.05, 4.69) is 10.5 Å². The standard InChI is InChI=1S/C13H13ClN2O4S/c1-8-7-12(16-20-8)15-13(17)9(2)21(18,19)11-5-3-10(14)4-6-11/h3-7,9H,1-2H3,(H,15,16,17). The first kappa shape index (κ1) is 15.5. The van der Waals surface area contributed by atoms with Gasteiger partial charge in [0.1, 0.15) is 11.0 Å². The number of carbonyl (C=O) groups excluding carboxylic acids is 1. The molecule has 0 aliphatic rings. The number of rotatable bonds is 4. The summed E-state index contributed by atoms with van der Waals surface area (Å²) in [5, 5.41) is 5.14. The predicted molar refractivity (Wildman–Crippen MR) is 78.0 cm³/mol. The Labute approximate surface area is 127 Å². The van der Waals surface area contributed by atoms with Crippen molar-refractivity contribution in [2.45, 2.75) is 24.0 Å². The molecule has 1 heterocycles. The highest BCUT2D eigenvalue weighted by molar-refractivity contribution is 7.92. The second-order valence-corrected chi connectivity index (χ2v) is 7.16. The average Bonchev–Trinajstić information content (AvgIpc) is 2.83. The van der Waals surface area contributed by atoms with E-state index in [-0.39, 0.29) is 10.7 Å². The fourth-order valence-corrected chi connectivity index (χ4v) is 3.01. The van der Waals surface area contributed by atoms with Gasteiger partial charge in [0.25, 0.3) is 0 Å². The van der Waals surface area contributed by atoms with E-state index in [1.54, 1.807) is 6.92 Å². The number of aryl methyl sites for hydroxylation is 1. The molecule has 0 bridgehead atoms. The largest absolute Gasteiger partial charge is 0.360 e. The van der Waals surface area contributed by atoms with E-state index < -0.39 is 21.0 Å². The van der Waals surface area contributed by atoms with Crippen LogP contribution in [0.1, 0.15) is 12.7 Å². The molecule has 1 unspecified atom stereocenters. The van der Waals surface area contributed by atoms with Crippen LogP contribution in [0.2, 0.25) is 5.02 Å². The predicted octanol–water partition coefficient (Wildman–Crippen LogP) is 2.44. The Morgan fingerprint density at radius 3 is 2.48 bits per heavy atom. The van der Waals surface area contributed by atoms with E-state index in [0.29, 0.717) is 10.8 Å². The summed E-state index contributed by atoms with van der Waals surface area (Å²) in [5.74, 6) is 0.00687. The Morgan fingerprint density at radius 1 is 1.33 bits per heavy atom. The molecule has 0 saturated heterocycles. The quantitative estimate of drug-likeness (QED) is 0.931. The Hall–Kier alpha value is -1.86.